The van der Waals surface area contributed by atoms with Gasteiger partial charge in [-0.1, -0.05) is 18.2 Å². The van der Waals surface area contributed by atoms with Gasteiger partial charge in [-0.25, -0.2) is 0 Å². The topological polar surface area (TPSA) is 106 Å². The van der Waals surface area contributed by atoms with Gasteiger partial charge in [-0.15, -0.1) is 0 Å². The van der Waals surface area contributed by atoms with E-state index in [9.17, 15) is 15.0 Å². The van der Waals surface area contributed by atoms with E-state index in [4.69, 9.17) is 18.9 Å². The van der Waals surface area contributed by atoms with E-state index in [0.717, 1.165) is 5.56 Å². The average Bonchev–Trinajstić information content (AvgIpc) is 3.27. The summed E-state index contributed by atoms with van der Waals surface area (Å²) in [6, 6.07) is 12.2. The SMILES string of the molecule is CCO[C@H]1OC(C(=O)Nc2ccccc2O)=C[C@@H](c2ccc3c(c2)OCO3)[C@H]1CCCO. The summed E-state index contributed by atoms with van der Waals surface area (Å²) in [7, 11) is 0. The Morgan fingerprint density at radius 3 is 2.78 bits per heavy atom. The summed E-state index contributed by atoms with van der Waals surface area (Å²) in [4.78, 5) is 13.0. The zero-order valence-corrected chi connectivity index (χ0v) is 17.8. The molecule has 0 aliphatic carbocycles. The second-order valence-electron chi connectivity index (χ2n) is 7.61. The quantitative estimate of drug-likeness (QED) is 0.538. The summed E-state index contributed by atoms with van der Waals surface area (Å²) in [5.41, 5.74) is 1.22. The molecule has 3 atom stereocenters. The highest BCUT2D eigenvalue weighted by Gasteiger charge is 2.38. The summed E-state index contributed by atoms with van der Waals surface area (Å²) >= 11 is 0. The number of carbonyl (C=O) groups is 1. The molecule has 8 nitrogen and oxygen atoms in total. The number of phenols is 1. The highest BCUT2D eigenvalue weighted by Crippen LogP contribution is 2.43. The Bertz CT molecular complexity index is 990. The molecule has 0 saturated heterocycles. The minimum absolute atomic E-state index is 0.0354. The minimum atomic E-state index is -0.669. The van der Waals surface area contributed by atoms with Crippen LogP contribution in [0.3, 0.4) is 0 Å². The number of anilines is 1. The van der Waals surface area contributed by atoms with Crippen LogP contribution in [0.2, 0.25) is 0 Å². The fraction of sp³-hybridized carbons (Fsp3) is 0.375. The molecule has 4 rings (SSSR count). The molecule has 2 aromatic carbocycles. The fourth-order valence-corrected chi connectivity index (χ4v) is 4.03. The average molecular weight is 441 g/mol. The highest BCUT2D eigenvalue weighted by molar-refractivity contribution is 6.03. The number of phenolic OH excluding ortho intramolecular Hbond substituents is 1. The van der Waals surface area contributed by atoms with Crippen LogP contribution in [0.15, 0.2) is 54.3 Å². The van der Waals surface area contributed by atoms with E-state index in [1.807, 2.05) is 25.1 Å². The van der Waals surface area contributed by atoms with E-state index in [1.165, 1.54) is 6.07 Å². The normalized spacial score (nSPS) is 21.6. The number of amides is 1. The van der Waals surface area contributed by atoms with Crippen molar-refractivity contribution in [1.29, 1.82) is 0 Å². The van der Waals surface area contributed by atoms with E-state index in [1.54, 1.807) is 24.3 Å². The van der Waals surface area contributed by atoms with Crippen LogP contribution >= 0.6 is 0 Å². The van der Waals surface area contributed by atoms with Crippen molar-refractivity contribution in [3.63, 3.8) is 0 Å². The lowest BCUT2D eigenvalue weighted by atomic mass is 9.80. The summed E-state index contributed by atoms with van der Waals surface area (Å²) in [5, 5.41) is 22.1. The predicted molar refractivity (Wildman–Crippen MR) is 116 cm³/mol. The standard InChI is InChI=1S/C24H27NO7/c1-2-29-24-16(6-5-11-26)17(15-9-10-20-21(12-15)31-14-30-20)13-22(32-24)23(28)25-18-7-3-4-8-19(18)27/h3-4,7-10,12-13,16-17,24,26-27H,2,5-6,11,14H2,1H3,(H,25,28)/t16-,17+,24+/m1/s1. The van der Waals surface area contributed by atoms with Gasteiger partial charge in [0.05, 0.1) is 5.69 Å². The zero-order valence-electron chi connectivity index (χ0n) is 17.8. The maximum Gasteiger partial charge on any atom is 0.290 e. The number of nitrogens with one attached hydrogen (secondary N) is 1. The third-order valence-electron chi connectivity index (χ3n) is 5.57. The Kier molecular flexibility index (Phi) is 6.82. The Morgan fingerprint density at radius 1 is 1.19 bits per heavy atom. The number of benzene rings is 2. The summed E-state index contributed by atoms with van der Waals surface area (Å²) in [6.45, 7) is 2.49. The summed E-state index contributed by atoms with van der Waals surface area (Å²) < 4.78 is 22.8. The van der Waals surface area contributed by atoms with Gasteiger partial charge in [-0.05, 0) is 55.7 Å². The van der Waals surface area contributed by atoms with Crippen LogP contribution in [-0.4, -0.2) is 42.4 Å². The van der Waals surface area contributed by atoms with Gasteiger partial charge in [0, 0.05) is 25.0 Å². The first-order chi connectivity index (χ1) is 15.6. The summed E-state index contributed by atoms with van der Waals surface area (Å²) in [5.74, 6) is 0.576. The molecule has 0 spiro atoms. The van der Waals surface area contributed by atoms with Crippen LogP contribution in [0.25, 0.3) is 0 Å². The Labute approximate surface area is 186 Å². The Hall–Kier alpha value is -3.23. The first kappa shape index (κ1) is 22.0. The van der Waals surface area contributed by atoms with E-state index in [0.29, 0.717) is 30.9 Å². The molecule has 32 heavy (non-hydrogen) atoms. The number of ether oxygens (including phenoxy) is 4. The van der Waals surface area contributed by atoms with Crippen molar-refractivity contribution in [3.8, 4) is 17.2 Å². The van der Waals surface area contributed by atoms with Crippen LogP contribution in [0.1, 0.15) is 31.2 Å². The van der Waals surface area contributed by atoms with Gasteiger partial charge >= 0.3 is 0 Å². The molecule has 8 heteroatoms. The molecule has 3 N–H and O–H groups in total. The van der Waals surface area contributed by atoms with Crippen LogP contribution in [-0.2, 0) is 14.3 Å². The van der Waals surface area contributed by atoms with Gasteiger partial charge in [0.2, 0.25) is 13.1 Å². The van der Waals surface area contributed by atoms with Gasteiger partial charge in [0.15, 0.2) is 17.3 Å². The number of fused-ring (bicyclic) bond motifs is 1. The molecule has 1 amide bonds. The number of aromatic hydroxyl groups is 1. The molecule has 0 unspecified atom stereocenters. The van der Waals surface area contributed by atoms with Gasteiger partial charge in [-0.2, -0.15) is 0 Å². The molecule has 0 radical (unpaired) electrons. The van der Waals surface area contributed by atoms with Gasteiger partial charge in [0.1, 0.15) is 5.75 Å². The van der Waals surface area contributed by atoms with Crippen LogP contribution < -0.4 is 14.8 Å². The van der Waals surface area contributed by atoms with E-state index < -0.39 is 12.2 Å². The summed E-state index contributed by atoms with van der Waals surface area (Å²) in [6.07, 6.45) is 2.32. The molecule has 0 fully saturated rings. The monoisotopic (exact) mass is 441 g/mol. The number of aliphatic hydroxyl groups excluding tert-OH is 1. The van der Waals surface area contributed by atoms with Crippen molar-refractivity contribution in [2.75, 3.05) is 25.3 Å². The number of hydrogen-bond acceptors (Lipinski definition) is 7. The number of hydrogen-bond donors (Lipinski definition) is 3. The number of para-hydroxylation sites is 2. The van der Waals surface area contributed by atoms with Crippen LogP contribution in [0.5, 0.6) is 17.2 Å². The highest BCUT2D eigenvalue weighted by atomic mass is 16.7. The molecule has 0 aromatic heterocycles. The molecule has 2 aromatic rings. The molecular weight excluding hydrogens is 414 g/mol. The van der Waals surface area contributed by atoms with E-state index >= 15 is 0 Å². The lowest BCUT2D eigenvalue weighted by Crippen LogP contribution is -2.37. The Morgan fingerprint density at radius 2 is 2.00 bits per heavy atom. The van der Waals surface area contributed by atoms with E-state index in [2.05, 4.69) is 5.32 Å². The predicted octanol–water partition coefficient (Wildman–Crippen LogP) is 3.51. The van der Waals surface area contributed by atoms with Crippen molar-refractivity contribution in [2.45, 2.75) is 32.0 Å². The van der Waals surface area contributed by atoms with Crippen molar-refractivity contribution >= 4 is 11.6 Å². The molecule has 2 aliphatic rings. The van der Waals surface area contributed by atoms with Gasteiger partial charge in [-0.3, -0.25) is 4.79 Å². The molecule has 0 saturated carbocycles. The third kappa shape index (κ3) is 4.66. The number of carbonyl (C=O) groups excluding carboxylic acids is 1. The second-order valence-corrected chi connectivity index (χ2v) is 7.61. The zero-order chi connectivity index (χ0) is 22.5. The van der Waals surface area contributed by atoms with Crippen molar-refractivity contribution in [2.24, 2.45) is 5.92 Å². The second kappa shape index (κ2) is 9.93. The number of rotatable bonds is 8. The molecule has 2 aliphatic heterocycles. The molecule has 0 bridgehead atoms. The van der Waals surface area contributed by atoms with E-state index in [-0.39, 0.29) is 42.4 Å². The largest absolute Gasteiger partial charge is 0.506 e. The van der Waals surface area contributed by atoms with Crippen molar-refractivity contribution < 1.29 is 34.0 Å². The number of aliphatic hydroxyl groups is 1. The number of allylic oxidation sites excluding steroid dienone is 1. The fourth-order valence-electron chi connectivity index (χ4n) is 4.03. The van der Waals surface area contributed by atoms with Crippen molar-refractivity contribution in [3.05, 3.63) is 59.9 Å². The van der Waals surface area contributed by atoms with Crippen LogP contribution in [0, 0.1) is 5.92 Å². The van der Waals surface area contributed by atoms with Crippen molar-refractivity contribution in [1.82, 2.24) is 0 Å². The Balaban J connectivity index is 1.68. The molecule has 170 valence electrons. The van der Waals surface area contributed by atoms with Crippen LogP contribution in [0.4, 0.5) is 5.69 Å². The maximum absolute atomic E-state index is 13.0. The first-order valence-corrected chi connectivity index (χ1v) is 10.7. The third-order valence-corrected chi connectivity index (χ3v) is 5.57. The molecule has 2 heterocycles. The maximum atomic E-state index is 13.0. The first-order valence-electron chi connectivity index (χ1n) is 10.7. The van der Waals surface area contributed by atoms with Gasteiger partial charge in [0.25, 0.3) is 5.91 Å². The lowest BCUT2D eigenvalue weighted by molar-refractivity contribution is -0.165. The smallest absolute Gasteiger partial charge is 0.290 e. The van der Waals surface area contributed by atoms with Gasteiger partial charge < -0.3 is 34.5 Å². The minimum Gasteiger partial charge on any atom is -0.506 e. The molecular formula is C24H27NO7. The lowest BCUT2D eigenvalue weighted by Gasteiger charge is -2.37.